The molecule has 0 aliphatic carbocycles. The van der Waals surface area contributed by atoms with Crippen molar-refractivity contribution < 1.29 is 23.4 Å². The fourth-order valence-corrected chi connectivity index (χ4v) is 2.42. The van der Waals surface area contributed by atoms with Gasteiger partial charge in [0.25, 0.3) is 0 Å². The molecule has 1 aromatic carbocycles. The summed E-state index contributed by atoms with van der Waals surface area (Å²) in [5, 5.41) is 26.5. The van der Waals surface area contributed by atoms with Gasteiger partial charge in [0.1, 0.15) is 15.8 Å². The summed E-state index contributed by atoms with van der Waals surface area (Å²) in [7, 11) is 0. The molecule has 0 radical (unpaired) electrons. The molecule has 0 spiro atoms. The Bertz CT molecular complexity index is 655. The summed E-state index contributed by atoms with van der Waals surface area (Å²) in [5.74, 6) is -0.852. The first-order valence-corrected chi connectivity index (χ1v) is 6.61. The number of hydrogen-bond acceptors (Lipinski definition) is 6. The van der Waals surface area contributed by atoms with Gasteiger partial charge in [0.2, 0.25) is 0 Å². The van der Waals surface area contributed by atoms with E-state index in [0.717, 1.165) is 23.5 Å². The van der Waals surface area contributed by atoms with Crippen molar-refractivity contribution in [1.29, 1.82) is 0 Å². The van der Waals surface area contributed by atoms with E-state index in [4.69, 9.17) is 10.8 Å². The molecule has 0 aliphatic heterocycles. The number of aromatic hydroxyl groups is 1. The number of benzene rings is 1. The number of alkyl halides is 3. The number of halogens is 3. The van der Waals surface area contributed by atoms with Gasteiger partial charge in [-0.3, -0.25) is 0 Å². The zero-order valence-electron chi connectivity index (χ0n) is 10.8. The van der Waals surface area contributed by atoms with E-state index in [1.54, 1.807) is 0 Å². The molecule has 0 fully saturated rings. The van der Waals surface area contributed by atoms with Crippen molar-refractivity contribution in [3.05, 3.63) is 28.8 Å². The Kier molecular flexibility index (Phi) is 3.91. The minimum Gasteiger partial charge on any atom is -0.507 e. The highest BCUT2D eigenvalue weighted by molar-refractivity contribution is 7.14. The van der Waals surface area contributed by atoms with Crippen LogP contribution in [0.4, 0.5) is 13.2 Å². The Morgan fingerprint density at radius 1 is 1.29 bits per heavy atom. The summed E-state index contributed by atoms with van der Waals surface area (Å²) in [5.41, 5.74) is 3.70. The van der Waals surface area contributed by atoms with E-state index in [1.165, 1.54) is 13.0 Å². The molecule has 1 atom stereocenters. The van der Waals surface area contributed by atoms with E-state index < -0.39 is 23.0 Å². The van der Waals surface area contributed by atoms with Crippen molar-refractivity contribution in [1.82, 2.24) is 10.2 Å². The van der Waals surface area contributed by atoms with Crippen LogP contribution in [0.2, 0.25) is 0 Å². The molecule has 0 saturated heterocycles. The van der Waals surface area contributed by atoms with Gasteiger partial charge in [0.15, 0.2) is 0 Å². The SMILES string of the molecule is C[C@](N)(CO)c1nnc(-c2ccc(O)c(C(F)(F)F)c2)s1. The number of phenolic OH excluding ortho intramolecular Hbond substituents is 1. The molecule has 1 heterocycles. The van der Waals surface area contributed by atoms with Crippen molar-refractivity contribution in [3.8, 4) is 16.3 Å². The summed E-state index contributed by atoms with van der Waals surface area (Å²) in [6.45, 7) is 1.17. The first-order valence-electron chi connectivity index (χ1n) is 5.79. The number of aliphatic hydroxyl groups excluding tert-OH is 1. The van der Waals surface area contributed by atoms with Gasteiger partial charge in [-0.1, -0.05) is 11.3 Å². The number of hydrogen-bond donors (Lipinski definition) is 3. The van der Waals surface area contributed by atoms with Crippen molar-refractivity contribution >= 4 is 11.3 Å². The van der Waals surface area contributed by atoms with E-state index >= 15 is 0 Å². The molecule has 0 aliphatic rings. The number of rotatable bonds is 3. The molecule has 1 aromatic heterocycles. The maximum absolute atomic E-state index is 12.7. The molecular weight excluding hydrogens is 307 g/mol. The molecule has 21 heavy (non-hydrogen) atoms. The molecule has 0 amide bonds. The number of aliphatic hydroxyl groups is 1. The van der Waals surface area contributed by atoms with Gasteiger partial charge in [0, 0.05) is 5.56 Å². The molecule has 5 nitrogen and oxygen atoms in total. The predicted octanol–water partition coefficient (Wildman–Crippen LogP) is 2.10. The van der Waals surface area contributed by atoms with Crippen molar-refractivity contribution in [3.63, 3.8) is 0 Å². The lowest BCUT2D eigenvalue weighted by Gasteiger charge is -2.16. The third-order valence-electron chi connectivity index (χ3n) is 2.79. The van der Waals surface area contributed by atoms with Crippen LogP contribution < -0.4 is 5.73 Å². The van der Waals surface area contributed by atoms with Crippen LogP contribution in [0.1, 0.15) is 17.5 Å². The number of nitrogens with zero attached hydrogens (tertiary/aromatic N) is 2. The molecule has 114 valence electrons. The van der Waals surface area contributed by atoms with E-state index in [1.807, 2.05) is 0 Å². The van der Waals surface area contributed by atoms with Gasteiger partial charge >= 0.3 is 6.18 Å². The van der Waals surface area contributed by atoms with Crippen LogP contribution in [0.3, 0.4) is 0 Å². The standard InChI is InChI=1S/C12H12F3N3O2S/c1-11(16,5-19)10-18-17-9(21-10)6-2-3-8(20)7(4-6)12(13,14)15/h2-4,19-20H,5,16H2,1H3/t11-/m0/s1. The molecule has 9 heteroatoms. The third kappa shape index (κ3) is 3.14. The average Bonchev–Trinajstić information content (AvgIpc) is 2.88. The first kappa shape index (κ1) is 15.7. The summed E-state index contributed by atoms with van der Waals surface area (Å²) < 4.78 is 38.2. The van der Waals surface area contributed by atoms with Gasteiger partial charge < -0.3 is 15.9 Å². The Balaban J connectivity index is 2.44. The Morgan fingerprint density at radius 2 is 1.95 bits per heavy atom. The lowest BCUT2D eigenvalue weighted by molar-refractivity contribution is -0.138. The normalized spacial score (nSPS) is 15.0. The maximum atomic E-state index is 12.7. The Morgan fingerprint density at radius 3 is 2.52 bits per heavy atom. The Hall–Kier alpha value is -1.71. The van der Waals surface area contributed by atoms with Crippen LogP contribution in [0, 0.1) is 0 Å². The van der Waals surface area contributed by atoms with Crippen LogP contribution in [0.25, 0.3) is 10.6 Å². The molecule has 0 saturated carbocycles. The monoisotopic (exact) mass is 319 g/mol. The minimum absolute atomic E-state index is 0.164. The van der Waals surface area contributed by atoms with Crippen LogP contribution in [0.5, 0.6) is 5.75 Å². The number of phenols is 1. The van der Waals surface area contributed by atoms with Crippen molar-refractivity contribution in [2.75, 3.05) is 6.61 Å². The second-order valence-corrected chi connectivity index (χ2v) is 5.70. The lowest BCUT2D eigenvalue weighted by Crippen LogP contribution is -2.36. The van der Waals surface area contributed by atoms with E-state index in [0.29, 0.717) is 5.01 Å². The van der Waals surface area contributed by atoms with Crippen LogP contribution >= 0.6 is 11.3 Å². The first-order chi connectivity index (χ1) is 9.65. The molecule has 4 N–H and O–H groups in total. The van der Waals surface area contributed by atoms with E-state index in [-0.39, 0.29) is 17.2 Å². The van der Waals surface area contributed by atoms with Crippen molar-refractivity contribution in [2.45, 2.75) is 18.6 Å². The largest absolute Gasteiger partial charge is 0.507 e. The molecule has 0 bridgehead atoms. The van der Waals surface area contributed by atoms with Gasteiger partial charge in [-0.2, -0.15) is 13.2 Å². The summed E-state index contributed by atoms with van der Waals surface area (Å²) >= 11 is 0.986. The second-order valence-electron chi connectivity index (χ2n) is 4.72. The second kappa shape index (κ2) is 5.24. The maximum Gasteiger partial charge on any atom is 0.419 e. The van der Waals surface area contributed by atoms with Gasteiger partial charge in [0.05, 0.1) is 17.7 Å². The van der Waals surface area contributed by atoms with Gasteiger partial charge in [-0.05, 0) is 25.1 Å². The number of nitrogens with two attached hydrogens (primary N) is 1. The third-order valence-corrected chi connectivity index (χ3v) is 4.04. The average molecular weight is 319 g/mol. The predicted molar refractivity (Wildman–Crippen MR) is 70.6 cm³/mol. The smallest absolute Gasteiger partial charge is 0.419 e. The molecule has 2 rings (SSSR count). The van der Waals surface area contributed by atoms with E-state index in [2.05, 4.69) is 10.2 Å². The van der Waals surface area contributed by atoms with Gasteiger partial charge in [-0.15, -0.1) is 10.2 Å². The van der Waals surface area contributed by atoms with E-state index in [9.17, 15) is 18.3 Å². The molecule has 0 unspecified atom stereocenters. The van der Waals surface area contributed by atoms with Crippen LogP contribution in [0.15, 0.2) is 18.2 Å². The topological polar surface area (TPSA) is 92.3 Å². The van der Waals surface area contributed by atoms with Crippen LogP contribution in [-0.2, 0) is 11.7 Å². The lowest BCUT2D eigenvalue weighted by atomic mass is 10.1. The Labute approximate surface area is 121 Å². The summed E-state index contributed by atoms with van der Waals surface area (Å²) in [4.78, 5) is 0. The zero-order valence-corrected chi connectivity index (χ0v) is 11.7. The zero-order chi connectivity index (χ0) is 15.8. The van der Waals surface area contributed by atoms with Gasteiger partial charge in [-0.25, -0.2) is 0 Å². The number of aromatic nitrogens is 2. The molecular formula is C12H12F3N3O2S. The summed E-state index contributed by atoms with van der Waals surface area (Å²) in [6.07, 6.45) is -4.67. The highest BCUT2D eigenvalue weighted by atomic mass is 32.1. The highest BCUT2D eigenvalue weighted by Crippen LogP contribution is 2.39. The van der Waals surface area contributed by atoms with Crippen LogP contribution in [-0.4, -0.2) is 27.0 Å². The fraction of sp³-hybridized carbons (Fsp3) is 0.333. The molecule has 2 aromatic rings. The fourth-order valence-electron chi connectivity index (χ4n) is 1.53. The quantitative estimate of drug-likeness (QED) is 0.806. The highest BCUT2D eigenvalue weighted by Gasteiger charge is 2.34. The summed E-state index contributed by atoms with van der Waals surface area (Å²) in [6, 6.07) is 3.06. The van der Waals surface area contributed by atoms with Crippen molar-refractivity contribution in [2.24, 2.45) is 5.73 Å². The minimum atomic E-state index is -4.67.